The summed E-state index contributed by atoms with van der Waals surface area (Å²) in [6.45, 7) is -0.611. The largest absolute Gasteiger partial charge is 0.493 e. The van der Waals surface area contributed by atoms with Gasteiger partial charge in [0.2, 0.25) is 12.0 Å². The van der Waals surface area contributed by atoms with E-state index in [1.165, 1.54) is 40.1 Å². The van der Waals surface area contributed by atoms with Gasteiger partial charge in [-0.25, -0.2) is 19.5 Å². The van der Waals surface area contributed by atoms with Gasteiger partial charge in [-0.1, -0.05) is 0 Å². The first-order valence-electron chi connectivity index (χ1n) is 10.7. The van der Waals surface area contributed by atoms with Gasteiger partial charge in [0, 0.05) is 12.6 Å². The van der Waals surface area contributed by atoms with E-state index in [1.807, 2.05) is 0 Å². The molecule has 4 atom stereocenters. The number of aliphatic hydroxyl groups excluding tert-OH is 2. The summed E-state index contributed by atoms with van der Waals surface area (Å²) in [7, 11) is -0.563. The van der Waals surface area contributed by atoms with Crippen molar-refractivity contribution in [3.05, 3.63) is 24.3 Å². The van der Waals surface area contributed by atoms with Crippen LogP contribution in [0, 0.1) is 0 Å². The fourth-order valence-corrected chi connectivity index (χ4v) is 4.12. The maximum atomic E-state index is 11.0. The predicted octanol–water partition coefficient (Wildman–Crippen LogP) is -0.0744. The van der Waals surface area contributed by atoms with Crippen molar-refractivity contribution in [2.75, 3.05) is 33.3 Å². The van der Waals surface area contributed by atoms with Gasteiger partial charge in [-0.3, -0.25) is 4.52 Å². The van der Waals surface area contributed by atoms with Crippen LogP contribution < -0.4 is 24.3 Å². The normalized spacial score (nSPS) is 21.7. The molecule has 17 heteroatoms. The number of phosphoric ester groups is 1. The maximum absolute atomic E-state index is 11.0. The molecule has 0 bridgehead atoms. The van der Waals surface area contributed by atoms with Crippen LogP contribution in [0.15, 0.2) is 18.7 Å². The molecule has 1 fully saturated rings. The zero-order chi connectivity index (χ0) is 26.7. The Balaban J connectivity index is 1.65. The Kier molecular flexibility index (Phi) is 7.99. The Hall–Kier alpha value is -3.24. The van der Waals surface area contributed by atoms with Gasteiger partial charge in [0.15, 0.2) is 23.0 Å². The van der Waals surface area contributed by atoms with Crippen LogP contribution >= 0.6 is 7.82 Å². The molecule has 0 amide bonds. The highest BCUT2D eigenvalue weighted by atomic mass is 31.2. The van der Waals surface area contributed by atoms with Crippen LogP contribution in [-0.2, 0) is 20.4 Å². The second-order valence-corrected chi connectivity index (χ2v) is 8.97. The van der Waals surface area contributed by atoms with E-state index in [1.54, 1.807) is 0 Å². The summed E-state index contributed by atoms with van der Waals surface area (Å²) in [5.41, 5.74) is 1.43. The lowest BCUT2D eigenvalue weighted by molar-refractivity contribution is -0.116. The lowest BCUT2D eigenvalue weighted by Gasteiger charge is -2.23. The predicted molar refractivity (Wildman–Crippen MR) is 124 cm³/mol. The molecule has 16 nitrogen and oxygen atoms in total. The minimum atomic E-state index is -4.83. The lowest BCUT2D eigenvalue weighted by Crippen LogP contribution is -2.36. The molecular formula is C20H26N5O11P. The van der Waals surface area contributed by atoms with E-state index in [4.69, 9.17) is 33.5 Å². The number of hydrogen-bond donors (Lipinski definition) is 6. The highest BCUT2D eigenvalue weighted by molar-refractivity contribution is 7.46. The van der Waals surface area contributed by atoms with Gasteiger partial charge < -0.3 is 54.0 Å². The number of aromatic amines is 1. The van der Waals surface area contributed by atoms with Gasteiger partial charge in [-0.15, -0.1) is 0 Å². The average Bonchev–Trinajstić information content (AvgIpc) is 3.46. The Bertz CT molecular complexity index is 1290. The minimum Gasteiger partial charge on any atom is -0.493 e. The first-order chi connectivity index (χ1) is 17.7. The Labute approximate surface area is 209 Å². The number of anilines is 1. The molecule has 1 aliphatic rings. The van der Waals surface area contributed by atoms with Crippen molar-refractivity contribution >= 4 is 24.8 Å². The number of phosphoric acid groups is 1. The van der Waals surface area contributed by atoms with Crippen molar-refractivity contribution < 1.29 is 52.8 Å². The van der Waals surface area contributed by atoms with Crippen LogP contribution in [0.25, 0.3) is 11.2 Å². The summed E-state index contributed by atoms with van der Waals surface area (Å²) in [5, 5.41) is 23.9. The van der Waals surface area contributed by atoms with E-state index in [-0.39, 0.29) is 29.5 Å². The zero-order valence-corrected chi connectivity index (χ0v) is 20.8. The monoisotopic (exact) mass is 543 g/mol. The summed E-state index contributed by atoms with van der Waals surface area (Å²) < 4.78 is 43.3. The van der Waals surface area contributed by atoms with Gasteiger partial charge >= 0.3 is 7.82 Å². The summed E-state index contributed by atoms with van der Waals surface area (Å²) in [4.78, 5) is 33.2. The van der Waals surface area contributed by atoms with Crippen LogP contribution in [0.1, 0.15) is 5.56 Å². The maximum Gasteiger partial charge on any atom is 0.469 e. The third-order valence-electron chi connectivity index (χ3n) is 5.52. The fraction of sp³-hybridized carbons (Fsp3) is 0.450. The van der Waals surface area contributed by atoms with E-state index in [9.17, 15) is 14.8 Å². The molecule has 0 spiro atoms. The number of nitrogens with one attached hydrogen (secondary N) is 2. The molecule has 2 aromatic heterocycles. The molecule has 0 aliphatic carbocycles. The highest BCUT2D eigenvalue weighted by Gasteiger charge is 2.45. The second kappa shape index (κ2) is 11.0. The molecule has 1 saturated heterocycles. The molecule has 0 radical (unpaired) electrons. The molecule has 1 unspecified atom stereocenters. The molecule has 202 valence electrons. The molecule has 1 aromatic carbocycles. The third kappa shape index (κ3) is 5.70. The number of aliphatic hydroxyl groups is 2. The van der Waals surface area contributed by atoms with Crippen molar-refractivity contribution in [3.63, 3.8) is 0 Å². The fourth-order valence-electron chi connectivity index (χ4n) is 3.78. The second-order valence-electron chi connectivity index (χ2n) is 7.73. The van der Waals surface area contributed by atoms with Crippen LogP contribution in [0.3, 0.4) is 0 Å². The summed E-state index contributed by atoms with van der Waals surface area (Å²) >= 11 is 0. The van der Waals surface area contributed by atoms with Crippen molar-refractivity contribution in [2.45, 2.75) is 31.1 Å². The molecule has 6 N–H and O–H groups in total. The Morgan fingerprint density at radius 3 is 2.49 bits per heavy atom. The lowest BCUT2D eigenvalue weighted by atomic mass is 10.1. The number of hydrogen-bond acceptors (Lipinski definition) is 13. The topological polar surface area (TPSA) is 220 Å². The smallest absolute Gasteiger partial charge is 0.469 e. The van der Waals surface area contributed by atoms with Crippen molar-refractivity contribution in [3.8, 4) is 23.0 Å². The van der Waals surface area contributed by atoms with Crippen LogP contribution in [0.5, 0.6) is 23.0 Å². The molecule has 3 aromatic rings. The Morgan fingerprint density at radius 2 is 1.81 bits per heavy atom. The van der Waals surface area contributed by atoms with Gasteiger partial charge in [-0.2, -0.15) is 0 Å². The standard InChI is InChI=1S/C20H26N5O11P/c1-31-11-4-10(35-20-15(27)14(26)12(36-20)6-34-37(28,29)30)9(16(32-2)17(11)33-3)5-21-18-13-19(23-7-22-13)25-8-24-18/h4,7-8,12,14-15,20,26-27H,5-6H2,1-3H3,(H2,28,29,30)(H2,21,22,23,24,25)/t12-,14-,15-,20?/m1/s1. The number of methoxy groups -OCH3 is 3. The molecule has 0 saturated carbocycles. The Morgan fingerprint density at radius 1 is 1.05 bits per heavy atom. The van der Waals surface area contributed by atoms with Crippen LogP contribution in [-0.4, -0.2) is 92.5 Å². The number of ether oxygens (including phenoxy) is 5. The van der Waals surface area contributed by atoms with E-state index in [0.717, 1.165) is 0 Å². The van der Waals surface area contributed by atoms with Crippen LogP contribution in [0.4, 0.5) is 5.82 Å². The molecule has 37 heavy (non-hydrogen) atoms. The van der Waals surface area contributed by atoms with Gasteiger partial charge in [-0.05, 0) is 0 Å². The van der Waals surface area contributed by atoms with Gasteiger partial charge in [0.1, 0.15) is 35.9 Å². The molecular weight excluding hydrogens is 517 g/mol. The molecule has 4 rings (SSSR count). The van der Waals surface area contributed by atoms with Gasteiger partial charge in [0.25, 0.3) is 0 Å². The summed E-state index contributed by atoms with van der Waals surface area (Å²) in [6, 6.07) is 1.48. The number of H-pyrrole nitrogens is 1. The van der Waals surface area contributed by atoms with Crippen molar-refractivity contribution in [2.24, 2.45) is 0 Å². The number of benzene rings is 1. The quantitative estimate of drug-likeness (QED) is 0.174. The zero-order valence-electron chi connectivity index (χ0n) is 19.9. The third-order valence-corrected chi connectivity index (χ3v) is 6.00. The number of fused-ring (bicyclic) bond motifs is 1. The van der Waals surface area contributed by atoms with Crippen molar-refractivity contribution in [1.82, 2.24) is 19.9 Å². The number of aromatic nitrogens is 4. The van der Waals surface area contributed by atoms with E-state index >= 15 is 0 Å². The first kappa shape index (κ1) is 26.8. The summed E-state index contributed by atoms with van der Waals surface area (Å²) in [5.74, 6) is 1.32. The first-order valence-corrected chi connectivity index (χ1v) is 12.3. The summed E-state index contributed by atoms with van der Waals surface area (Å²) in [6.07, 6.45) is -3.00. The number of rotatable bonds is 11. The van der Waals surface area contributed by atoms with Gasteiger partial charge in [0.05, 0.1) is 39.8 Å². The number of imidazole rings is 1. The SMILES string of the molecule is COc1cc(OC2O[C@H](COP(=O)(O)O)[C@@H](O)[C@H]2O)c(CNc2ncnc3nc[nH]c23)c(OC)c1OC. The van der Waals surface area contributed by atoms with E-state index < -0.39 is 39.0 Å². The molecule has 1 aliphatic heterocycles. The van der Waals surface area contributed by atoms with Crippen molar-refractivity contribution in [1.29, 1.82) is 0 Å². The minimum absolute atomic E-state index is 0.0696. The number of nitrogens with zero attached hydrogens (tertiary/aromatic N) is 3. The molecule has 3 heterocycles. The average molecular weight is 543 g/mol. The van der Waals surface area contributed by atoms with E-state index in [2.05, 4.69) is 29.8 Å². The van der Waals surface area contributed by atoms with E-state index in [0.29, 0.717) is 22.5 Å². The highest BCUT2D eigenvalue weighted by Crippen LogP contribution is 2.46. The van der Waals surface area contributed by atoms with Crippen LogP contribution in [0.2, 0.25) is 0 Å².